The Hall–Kier alpha value is -1.04. The van der Waals surface area contributed by atoms with Gasteiger partial charge in [0.1, 0.15) is 0 Å². The summed E-state index contributed by atoms with van der Waals surface area (Å²) in [5, 5.41) is 0. The highest BCUT2D eigenvalue weighted by molar-refractivity contribution is 5.76. The third-order valence-electron chi connectivity index (χ3n) is 2.88. The van der Waals surface area contributed by atoms with Gasteiger partial charge in [0.2, 0.25) is 0 Å². The highest BCUT2D eigenvalue weighted by atomic mass is 14.3. The molecule has 0 amide bonds. The Bertz CT molecular complexity index is 356. The van der Waals surface area contributed by atoms with Crippen molar-refractivity contribution in [2.45, 2.75) is 32.6 Å². The lowest BCUT2D eigenvalue weighted by Crippen LogP contribution is -2.10. The van der Waals surface area contributed by atoms with Crippen LogP contribution in [0.4, 0.5) is 0 Å². The van der Waals surface area contributed by atoms with Gasteiger partial charge < -0.3 is 0 Å². The molecule has 0 aromatic heterocycles. The molecule has 0 saturated heterocycles. The summed E-state index contributed by atoms with van der Waals surface area (Å²) in [6.45, 7) is 6.80. The van der Waals surface area contributed by atoms with E-state index in [0.29, 0.717) is 0 Å². The second kappa shape index (κ2) is 2.73. The van der Waals surface area contributed by atoms with Crippen LogP contribution in [0.15, 0.2) is 30.3 Å². The van der Waals surface area contributed by atoms with Gasteiger partial charge in [-0.05, 0) is 23.1 Å². The summed E-state index contributed by atoms with van der Waals surface area (Å²) in [5.74, 6) is 0. The maximum atomic E-state index is 2.40. The minimum absolute atomic E-state index is 0.238. The molecule has 0 radical (unpaired) electrons. The van der Waals surface area contributed by atoms with Gasteiger partial charge >= 0.3 is 0 Å². The van der Waals surface area contributed by atoms with E-state index in [1.165, 1.54) is 16.7 Å². The minimum Gasteiger partial charge on any atom is -0.0706 e. The van der Waals surface area contributed by atoms with E-state index in [1.807, 2.05) is 0 Å². The average molecular weight is 172 g/mol. The minimum atomic E-state index is 0.238. The van der Waals surface area contributed by atoms with E-state index in [0.717, 1.165) is 6.42 Å². The van der Waals surface area contributed by atoms with Crippen LogP contribution in [0.5, 0.6) is 0 Å². The van der Waals surface area contributed by atoms with Crippen molar-refractivity contribution in [3.8, 4) is 0 Å². The molecule has 68 valence electrons. The van der Waals surface area contributed by atoms with E-state index in [-0.39, 0.29) is 5.41 Å². The second-order valence-electron chi connectivity index (χ2n) is 4.29. The smallest absolute Gasteiger partial charge is 0.00873 e. The molecule has 0 spiro atoms. The summed E-state index contributed by atoms with van der Waals surface area (Å²) in [6.07, 6.45) is 3.54. The first kappa shape index (κ1) is 8.55. The third-order valence-corrected chi connectivity index (χ3v) is 2.88. The molecule has 0 saturated carbocycles. The van der Waals surface area contributed by atoms with Crippen LogP contribution in [0.1, 0.15) is 38.3 Å². The molecule has 0 heterocycles. The summed E-state index contributed by atoms with van der Waals surface area (Å²) in [5.41, 5.74) is 4.67. The number of allylic oxidation sites excluding steroid dienone is 2. The highest BCUT2D eigenvalue weighted by Crippen LogP contribution is 2.40. The molecule has 1 aliphatic carbocycles. The Kier molecular flexibility index (Phi) is 1.80. The largest absolute Gasteiger partial charge is 0.0706 e. The molecule has 1 aromatic carbocycles. The van der Waals surface area contributed by atoms with Gasteiger partial charge in [-0.2, -0.15) is 0 Å². The normalized spacial score (nSPS) is 18.2. The summed E-state index contributed by atoms with van der Waals surface area (Å²) < 4.78 is 0. The molecule has 0 atom stereocenters. The van der Waals surface area contributed by atoms with Crippen LogP contribution >= 0.6 is 0 Å². The first-order chi connectivity index (χ1) is 6.15. The molecular formula is C13H16. The summed E-state index contributed by atoms with van der Waals surface area (Å²) in [7, 11) is 0. The van der Waals surface area contributed by atoms with Crippen molar-refractivity contribution in [3.63, 3.8) is 0 Å². The number of hydrogen-bond acceptors (Lipinski definition) is 0. The molecule has 13 heavy (non-hydrogen) atoms. The maximum absolute atomic E-state index is 2.40. The van der Waals surface area contributed by atoms with Gasteiger partial charge in [-0.25, -0.2) is 0 Å². The van der Waals surface area contributed by atoms with E-state index in [1.54, 1.807) is 0 Å². The van der Waals surface area contributed by atoms with Crippen LogP contribution < -0.4 is 0 Å². The number of fused-ring (bicyclic) bond motifs is 1. The quantitative estimate of drug-likeness (QED) is 0.605. The fraction of sp³-hybridized carbons (Fsp3) is 0.385. The lowest BCUT2D eigenvalue weighted by atomic mass is 9.87. The molecule has 0 unspecified atom stereocenters. The summed E-state index contributed by atoms with van der Waals surface area (Å²) in [4.78, 5) is 0. The topological polar surface area (TPSA) is 0 Å². The predicted octanol–water partition coefficient (Wildman–Crippen LogP) is 3.77. The van der Waals surface area contributed by atoms with E-state index in [2.05, 4.69) is 51.1 Å². The second-order valence-corrected chi connectivity index (χ2v) is 4.29. The lowest BCUT2D eigenvalue weighted by Gasteiger charge is -2.16. The van der Waals surface area contributed by atoms with Gasteiger partial charge in [-0.15, -0.1) is 0 Å². The van der Waals surface area contributed by atoms with E-state index < -0.39 is 0 Å². The molecule has 0 fully saturated rings. The Balaban J connectivity index is 2.61. The zero-order valence-electron chi connectivity index (χ0n) is 8.59. The molecule has 2 rings (SSSR count). The van der Waals surface area contributed by atoms with Crippen LogP contribution in [-0.2, 0) is 5.41 Å². The molecule has 1 aromatic rings. The molecule has 0 heteroatoms. The zero-order chi connectivity index (χ0) is 9.47. The van der Waals surface area contributed by atoms with Gasteiger partial charge in [-0.1, -0.05) is 51.1 Å². The number of hydrogen-bond donors (Lipinski definition) is 0. The van der Waals surface area contributed by atoms with Gasteiger partial charge in [-0.3, -0.25) is 0 Å². The van der Waals surface area contributed by atoms with Crippen LogP contribution in [0.25, 0.3) is 5.57 Å². The summed E-state index contributed by atoms with van der Waals surface area (Å²) in [6, 6.07) is 8.74. The number of benzene rings is 1. The van der Waals surface area contributed by atoms with Crippen molar-refractivity contribution < 1.29 is 0 Å². The highest BCUT2D eigenvalue weighted by Gasteiger charge is 2.27. The molecule has 1 aliphatic rings. The number of rotatable bonds is 1. The van der Waals surface area contributed by atoms with E-state index in [4.69, 9.17) is 0 Å². The lowest BCUT2D eigenvalue weighted by molar-refractivity contribution is 0.683. The average Bonchev–Trinajstić information content (AvgIpc) is 2.39. The monoisotopic (exact) mass is 172 g/mol. The fourth-order valence-electron chi connectivity index (χ4n) is 2.21. The Labute approximate surface area is 80.3 Å². The van der Waals surface area contributed by atoms with Crippen molar-refractivity contribution in [2.75, 3.05) is 0 Å². The van der Waals surface area contributed by atoms with Crippen LogP contribution in [0.2, 0.25) is 0 Å². The van der Waals surface area contributed by atoms with Crippen molar-refractivity contribution in [1.82, 2.24) is 0 Å². The molecule has 0 N–H and O–H groups in total. The third kappa shape index (κ3) is 1.21. The standard InChI is InChI=1S/C13H16/c1-4-10-9-13(2,3)12-8-6-5-7-11(10)12/h5-9H,4H2,1-3H3. The Morgan fingerprint density at radius 1 is 1.15 bits per heavy atom. The SMILES string of the molecule is CCC1=CC(C)(C)c2ccccc21. The van der Waals surface area contributed by atoms with Gasteiger partial charge in [0.15, 0.2) is 0 Å². The van der Waals surface area contributed by atoms with Crippen molar-refractivity contribution in [1.29, 1.82) is 0 Å². The molecule has 0 aliphatic heterocycles. The zero-order valence-corrected chi connectivity index (χ0v) is 8.59. The fourth-order valence-corrected chi connectivity index (χ4v) is 2.21. The van der Waals surface area contributed by atoms with Crippen LogP contribution in [0.3, 0.4) is 0 Å². The predicted molar refractivity (Wildman–Crippen MR) is 57.7 cm³/mol. The van der Waals surface area contributed by atoms with Crippen LogP contribution in [0, 0.1) is 0 Å². The van der Waals surface area contributed by atoms with Gasteiger partial charge in [0.05, 0.1) is 0 Å². The van der Waals surface area contributed by atoms with Crippen molar-refractivity contribution in [3.05, 3.63) is 41.5 Å². The van der Waals surface area contributed by atoms with Crippen molar-refractivity contribution in [2.24, 2.45) is 0 Å². The van der Waals surface area contributed by atoms with Crippen molar-refractivity contribution >= 4 is 5.57 Å². The van der Waals surface area contributed by atoms with Gasteiger partial charge in [0, 0.05) is 5.41 Å². The molecule has 0 nitrogen and oxygen atoms in total. The Morgan fingerprint density at radius 2 is 1.85 bits per heavy atom. The van der Waals surface area contributed by atoms with E-state index >= 15 is 0 Å². The molecular weight excluding hydrogens is 156 g/mol. The first-order valence-corrected chi connectivity index (χ1v) is 4.97. The van der Waals surface area contributed by atoms with Crippen LogP contribution in [-0.4, -0.2) is 0 Å². The Morgan fingerprint density at radius 3 is 2.54 bits per heavy atom. The molecule has 0 bridgehead atoms. The summed E-state index contributed by atoms with van der Waals surface area (Å²) >= 11 is 0. The maximum Gasteiger partial charge on any atom is 0.00873 e. The first-order valence-electron chi connectivity index (χ1n) is 4.97. The van der Waals surface area contributed by atoms with E-state index in [9.17, 15) is 0 Å². The van der Waals surface area contributed by atoms with Gasteiger partial charge in [0.25, 0.3) is 0 Å².